The molecule has 3 aliphatic heterocycles. The largest absolute Gasteiger partial charge is 0.454 e. The van der Waals surface area contributed by atoms with Crippen LogP contribution in [0.25, 0.3) is 0 Å². The Morgan fingerprint density at radius 1 is 0.905 bits per heavy atom. The summed E-state index contributed by atoms with van der Waals surface area (Å²) in [5, 5.41) is 6.00. The summed E-state index contributed by atoms with van der Waals surface area (Å²) < 4.78 is 10.8. The molecular weight excluding hydrogens is 534 g/mol. The highest BCUT2D eigenvalue weighted by Gasteiger charge is 2.54. The Hall–Kier alpha value is -4.73. The van der Waals surface area contributed by atoms with Crippen molar-refractivity contribution < 1.29 is 23.9 Å². The van der Waals surface area contributed by atoms with Gasteiger partial charge in [0.2, 0.25) is 12.7 Å². The highest BCUT2D eigenvalue weighted by atomic mass is 16.7. The second-order valence-corrected chi connectivity index (χ2v) is 11.1. The molecule has 2 saturated heterocycles. The van der Waals surface area contributed by atoms with Gasteiger partial charge in [-0.2, -0.15) is 0 Å². The number of carbonyl (C=O) groups is 3. The van der Waals surface area contributed by atoms with Gasteiger partial charge in [0.1, 0.15) is 12.1 Å². The monoisotopic (exact) mass is 569 g/mol. The van der Waals surface area contributed by atoms with E-state index in [1.807, 2.05) is 80.6 Å². The summed E-state index contributed by atoms with van der Waals surface area (Å²) in [6.45, 7) is 5.56. The first-order chi connectivity index (χ1) is 20.3. The number of nitrogens with zero attached hydrogens (tertiary/aromatic N) is 3. The number of fused-ring (bicyclic) bond motifs is 1. The number of para-hydroxylation sites is 2. The molecule has 0 unspecified atom stereocenters. The molecule has 3 heterocycles. The van der Waals surface area contributed by atoms with Crippen molar-refractivity contribution in [3.63, 3.8) is 0 Å². The zero-order valence-corrected chi connectivity index (χ0v) is 23.9. The highest BCUT2D eigenvalue weighted by Crippen LogP contribution is 2.39. The predicted octanol–water partition coefficient (Wildman–Crippen LogP) is 4.02. The fourth-order valence-corrected chi connectivity index (χ4v) is 6.08. The van der Waals surface area contributed by atoms with Gasteiger partial charge in [-0.05, 0) is 67.6 Å². The number of anilines is 2. The van der Waals surface area contributed by atoms with Crippen LogP contribution < -0.4 is 25.0 Å². The molecule has 1 spiro atoms. The Kier molecular flexibility index (Phi) is 7.36. The summed E-state index contributed by atoms with van der Waals surface area (Å²) in [4.78, 5) is 45.7. The van der Waals surface area contributed by atoms with Crippen LogP contribution in [0, 0.1) is 13.8 Å². The van der Waals surface area contributed by atoms with Crippen LogP contribution in [0.5, 0.6) is 11.5 Å². The number of amides is 4. The van der Waals surface area contributed by atoms with Crippen LogP contribution in [0.3, 0.4) is 0 Å². The van der Waals surface area contributed by atoms with E-state index in [1.165, 1.54) is 0 Å². The number of benzene rings is 3. The Morgan fingerprint density at radius 2 is 1.62 bits per heavy atom. The second kappa shape index (κ2) is 11.3. The maximum Gasteiger partial charge on any atom is 0.321 e. The molecule has 10 heteroatoms. The van der Waals surface area contributed by atoms with Gasteiger partial charge < -0.3 is 34.8 Å². The number of urea groups is 1. The third-order valence-corrected chi connectivity index (χ3v) is 8.43. The number of hydrogen-bond donors (Lipinski definition) is 2. The molecule has 0 radical (unpaired) electrons. The molecule has 2 N–H and O–H groups in total. The fraction of sp³-hybridized carbons (Fsp3) is 0.344. The van der Waals surface area contributed by atoms with Gasteiger partial charge in [0.25, 0.3) is 5.91 Å². The zero-order chi connectivity index (χ0) is 29.3. The van der Waals surface area contributed by atoms with Crippen molar-refractivity contribution in [1.29, 1.82) is 0 Å². The van der Waals surface area contributed by atoms with Gasteiger partial charge in [-0.3, -0.25) is 9.59 Å². The molecule has 42 heavy (non-hydrogen) atoms. The van der Waals surface area contributed by atoms with Gasteiger partial charge in [-0.25, -0.2) is 4.79 Å². The number of likely N-dealkylation sites (tertiary alicyclic amines) is 1. The quantitative estimate of drug-likeness (QED) is 0.465. The minimum atomic E-state index is -0.825. The SMILES string of the molecule is Cc1cccc(C)c1NC(=O)N1CCC2(CC1)C(=O)N(CC(=O)NCc1ccc3c(c1)OCO3)CN2c1ccccc1. The number of ether oxygens (including phenoxy) is 2. The van der Waals surface area contributed by atoms with E-state index >= 15 is 0 Å². The van der Waals surface area contributed by atoms with E-state index in [0.717, 1.165) is 28.1 Å². The molecule has 6 rings (SSSR count). The van der Waals surface area contributed by atoms with Gasteiger partial charge in [0, 0.05) is 31.0 Å². The summed E-state index contributed by atoms with van der Waals surface area (Å²) in [6.07, 6.45) is 0.937. The Morgan fingerprint density at radius 3 is 2.36 bits per heavy atom. The number of rotatable bonds is 6. The summed E-state index contributed by atoms with van der Waals surface area (Å²) >= 11 is 0. The zero-order valence-electron chi connectivity index (χ0n) is 23.9. The van der Waals surface area contributed by atoms with Gasteiger partial charge in [0.15, 0.2) is 11.5 Å². The van der Waals surface area contributed by atoms with E-state index in [0.29, 0.717) is 50.6 Å². The van der Waals surface area contributed by atoms with E-state index in [-0.39, 0.29) is 31.2 Å². The molecule has 2 fully saturated rings. The maximum absolute atomic E-state index is 14.0. The Bertz CT molecular complexity index is 1480. The molecule has 3 aromatic rings. The van der Waals surface area contributed by atoms with Crippen LogP contribution in [0.1, 0.15) is 29.5 Å². The van der Waals surface area contributed by atoms with Crippen LogP contribution in [-0.4, -0.2) is 66.3 Å². The van der Waals surface area contributed by atoms with E-state index in [9.17, 15) is 14.4 Å². The van der Waals surface area contributed by atoms with E-state index in [2.05, 4.69) is 15.5 Å². The molecule has 10 nitrogen and oxygen atoms in total. The number of nitrogens with one attached hydrogen (secondary N) is 2. The van der Waals surface area contributed by atoms with Gasteiger partial charge >= 0.3 is 6.03 Å². The van der Waals surface area contributed by atoms with Crippen molar-refractivity contribution in [2.24, 2.45) is 0 Å². The molecule has 218 valence electrons. The minimum Gasteiger partial charge on any atom is -0.454 e. The van der Waals surface area contributed by atoms with Crippen molar-refractivity contribution in [1.82, 2.24) is 15.1 Å². The fourth-order valence-electron chi connectivity index (χ4n) is 6.08. The van der Waals surface area contributed by atoms with Crippen molar-refractivity contribution >= 4 is 29.2 Å². The number of carbonyl (C=O) groups excluding carboxylic acids is 3. The minimum absolute atomic E-state index is 0.0504. The topological polar surface area (TPSA) is 103 Å². The van der Waals surface area contributed by atoms with Crippen LogP contribution in [0.4, 0.5) is 16.2 Å². The lowest BCUT2D eigenvalue weighted by Crippen LogP contribution is -2.58. The molecular formula is C32H35N5O5. The van der Waals surface area contributed by atoms with Crippen molar-refractivity contribution in [3.8, 4) is 11.5 Å². The molecule has 0 saturated carbocycles. The normalized spacial score (nSPS) is 17.1. The standard InChI is InChI=1S/C32H35N5O5/c1-22-7-6-8-23(2)29(22)34-31(40)35-15-13-32(14-16-35)30(39)36(20-37(32)25-9-4-3-5-10-25)19-28(38)33-18-24-11-12-26-27(17-24)42-21-41-26/h3-12,17H,13-16,18-21H2,1-2H3,(H,33,38)(H,34,40). The Labute approximate surface area is 245 Å². The van der Waals surface area contributed by atoms with E-state index < -0.39 is 5.54 Å². The number of aryl methyl sites for hydroxylation is 2. The first-order valence-corrected chi connectivity index (χ1v) is 14.2. The molecule has 3 aromatic carbocycles. The van der Waals surface area contributed by atoms with Gasteiger partial charge in [-0.15, -0.1) is 0 Å². The van der Waals surface area contributed by atoms with Crippen LogP contribution in [-0.2, 0) is 16.1 Å². The van der Waals surface area contributed by atoms with Crippen LogP contribution >= 0.6 is 0 Å². The van der Waals surface area contributed by atoms with E-state index in [4.69, 9.17) is 9.47 Å². The third-order valence-electron chi connectivity index (χ3n) is 8.43. The number of piperidine rings is 1. The van der Waals surface area contributed by atoms with Crippen molar-refractivity contribution in [2.45, 2.75) is 38.8 Å². The van der Waals surface area contributed by atoms with Gasteiger partial charge in [-0.1, -0.05) is 42.5 Å². The lowest BCUT2D eigenvalue weighted by Gasteiger charge is -2.43. The predicted molar refractivity (Wildman–Crippen MR) is 158 cm³/mol. The van der Waals surface area contributed by atoms with Crippen molar-refractivity contribution in [3.05, 3.63) is 83.4 Å². The average molecular weight is 570 g/mol. The summed E-state index contributed by atoms with van der Waals surface area (Å²) in [5.74, 6) is 1.02. The maximum atomic E-state index is 14.0. The first-order valence-electron chi connectivity index (χ1n) is 14.2. The van der Waals surface area contributed by atoms with Crippen molar-refractivity contribution in [2.75, 3.05) is 43.3 Å². The summed E-state index contributed by atoms with van der Waals surface area (Å²) in [7, 11) is 0. The average Bonchev–Trinajstić information content (AvgIpc) is 3.57. The summed E-state index contributed by atoms with van der Waals surface area (Å²) in [5.41, 5.74) is 3.81. The van der Waals surface area contributed by atoms with Crippen LogP contribution in [0.15, 0.2) is 66.7 Å². The first kappa shape index (κ1) is 27.4. The summed E-state index contributed by atoms with van der Waals surface area (Å²) in [6, 6.07) is 21.1. The molecule has 0 aromatic heterocycles. The second-order valence-electron chi connectivity index (χ2n) is 11.1. The number of hydrogen-bond acceptors (Lipinski definition) is 6. The smallest absolute Gasteiger partial charge is 0.321 e. The highest BCUT2D eigenvalue weighted by molar-refractivity contribution is 5.97. The molecule has 0 bridgehead atoms. The lowest BCUT2D eigenvalue weighted by atomic mass is 9.85. The molecule has 4 amide bonds. The van der Waals surface area contributed by atoms with E-state index in [1.54, 1.807) is 9.80 Å². The molecule has 0 aliphatic carbocycles. The van der Waals surface area contributed by atoms with Crippen LogP contribution in [0.2, 0.25) is 0 Å². The third kappa shape index (κ3) is 5.20. The molecule has 0 atom stereocenters. The molecule has 3 aliphatic rings. The lowest BCUT2D eigenvalue weighted by molar-refractivity contribution is -0.137. The Balaban J connectivity index is 1.13. The van der Waals surface area contributed by atoms with Gasteiger partial charge in [0.05, 0.1) is 6.67 Å².